The number of anilines is 1. The monoisotopic (exact) mass is 437 g/mol. The zero-order valence-corrected chi connectivity index (χ0v) is 17.9. The highest BCUT2D eigenvalue weighted by molar-refractivity contribution is 7.13. The van der Waals surface area contributed by atoms with Gasteiger partial charge in [-0.25, -0.2) is 4.98 Å². The molecule has 0 radical (unpaired) electrons. The van der Waals surface area contributed by atoms with Gasteiger partial charge in [0.15, 0.2) is 6.29 Å². The van der Waals surface area contributed by atoms with Gasteiger partial charge in [0.25, 0.3) is 0 Å². The standard InChI is InChI=1S/C23H23N3O4S/c1-2-28-21(27)13-20-15-31-23(25-20)26-24-14-16-3-5-17(6-4-16)18-7-9-19(10-8-18)22-29-11-12-30-22/h3-10,14-15,22H,2,11-13H2,1H3,(H,25,26). The smallest absolute Gasteiger partial charge is 0.311 e. The van der Waals surface area contributed by atoms with Crippen LogP contribution in [-0.2, 0) is 25.4 Å². The lowest BCUT2D eigenvalue weighted by Gasteiger charge is -2.10. The van der Waals surface area contributed by atoms with Crippen molar-refractivity contribution in [1.29, 1.82) is 0 Å². The Bertz CT molecular complexity index is 1030. The summed E-state index contributed by atoms with van der Waals surface area (Å²) >= 11 is 1.39. The third kappa shape index (κ3) is 5.75. The molecule has 2 heterocycles. The molecule has 8 heteroatoms. The molecule has 1 N–H and O–H groups in total. The van der Waals surface area contributed by atoms with Crippen molar-refractivity contribution in [1.82, 2.24) is 4.98 Å². The molecule has 160 valence electrons. The number of nitrogens with one attached hydrogen (secondary N) is 1. The van der Waals surface area contributed by atoms with Crippen LogP contribution in [0.5, 0.6) is 0 Å². The molecule has 7 nitrogen and oxygen atoms in total. The van der Waals surface area contributed by atoms with E-state index >= 15 is 0 Å². The lowest BCUT2D eigenvalue weighted by Crippen LogP contribution is -2.07. The number of carbonyl (C=O) groups is 1. The van der Waals surface area contributed by atoms with Crippen LogP contribution in [0.2, 0.25) is 0 Å². The van der Waals surface area contributed by atoms with Crippen molar-refractivity contribution in [2.24, 2.45) is 5.10 Å². The molecule has 0 bridgehead atoms. The van der Waals surface area contributed by atoms with Crippen LogP contribution in [0, 0.1) is 0 Å². The number of thiazole rings is 1. The van der Waals surface area contributed by atoms with Gasteiger partial charge in [-0.05, 0) is 23.6 Å². The number of hydrogen-bond donors (Lipinski definition) is 1. The third-order valence-electron chi connectivity index (χ3n) is 4.60. The van der Waals surface area contributed by atoms with Crippen LogP contribution < -0.4 is 5.43 Å². The van der Waals surface area contributed by atoms with E-state index in [4.69, 9.17) is 14.2 Å². The molecule has 3 aromatic rings. The Balaban J connectivity index is 1.32. The van der Waals surface area contributed by atoms with E-state index in [0.717, 1.165) is 22.3 Å². The zero-order valence-electron chi connectivity index (χ0n) is 17.1. The summed E-state index contributed by atoms with van der Waals surface area (Å²) in [5.41, 5.74) is 7.81. The molecule has 1 fully saturated rings. The minimum absolute atomic E-state index is 0.166. The summed E-state index contributed by atoms with van der Waals surface area (Å²) < 4.78 is 16.0. The van der Waals surface area contributed by atoms with Gasteiger partial charge < -0.3 is 14.2 Å². The summed E-state index contributed by atoms with van der Waals surface area (Å²) in [6, 6.07) is 16.3. The Morgan fingerprint density at radius 3 is 2.52 bits per heavy atom. The second kappa shape index (κ2) is 10.3. The largest absolute Gasteiger partial charge is 0.466 e. The van der Waals surface area contributed by atoms with Gasteiger partial charge in [-0.15, -0.1) is 11.3 Å². The lowest BCUT2D eigenvalue weighted by atomic mass is 10.0. The molecule has 2 aromatic carbocycles. The van der Waals surface area contributed by atoms with Gasteiger partial charge in [-0.1, -0.05) is 48.5 Å². The van der Waals surface area contributed by atoms with E-state index in [-0.39, 0.29) is 18.7 Å². The highest BCUT2D eigenvalue weighted by Gasteiger charge is 2.17. The van der Waals surface area contributed by atoms with Crippen molar-refractivity contribution in [3.63, 3.8) is 0 Å². The van der Waals surface area contributed by atoms with Gasteiger partial charge in [0.05, 0.1) is 38.1 Å². The number of hydrazone groups is 1. The first-order valence-electron chi connectivity index (χ1n) is 10.0. The molecular formula is C23H23N3O4S. The van der Waals surface area contributed by atoms with E-state index in [0.29, 0.717) is 30.6 Å². The fraction of sp³-hybridized carbons (Fsp3) is 0.261. The van der Waals surface area contributed by atoms with Crippen LogP contribution in [0.1, 0.15) is 30.0 Å². The van der Waals surface area contributed by atoms with E-state index in [1.165, 1.54) is 11.3 Å². The molecule has 31 heavy (non-hydrogen) atoms. The fourth-order valence-electron chi connectivity index (χ4n) is 3.11. The Morgan fingerprint density at radius 1 is 1.16 bits per heavy atom. The summed E-state index contributed by atoms with van der Waals surface area (Å²) in [7, 11) is 0. The van der Waals surface area contributed by atoms with E-state index in [9.17, 15) is 4.79 Å². The molecule has 1 saturated heterocycles. The molecular weight excluding hydrogens is 414 g/mol. The topological polar surface area (TPSA) is 82.0 Å². The van der Waals surface area contributed by atoms with Crippen LogP contribution in [0.4, 0.5) is 5.13 Å². The van der Waals surface area contributed by atoms with Crippen LogP contribution in [-0.4, -0.2) is 37.0 Å². The molecule has 4 rings (SSSR count). The average Bonchev–Trinajstić information content (AvgIpc) is 3.47. The number of esters is 1. The first-order chi connectivity index (χ1) is 15.2. The summed E-state index contributed by atoms with van der Waals surface area (Å²) in [5.74, 6) is -0.280. The molecule has 0 spiro atoms. The number of ether oxygens (including phenoxy) is 3. The van der Waals surface area contributed by atoms with E-state index in [2.05, 4.69) is 39.8 Å². The summed E-state index contributed by atoms with van der Waals surface area (Å²) in [6.45, 7) is 3.43. The van der Waals surface area contributed by atoms with Crippen molar-refractivity contribution >= 4 is 28.7 Å². The molecule has 1 aromatic heterocycles. The predicted octanol–water partition coefficient (Wildman–Crippen LogP) is 4.41. The summed E-state index contributed by atoms with van der Waals surface area (Å²) in [6.07, 6.45) is 1.65. The van der Waals surface area contributed by atoms with Crippen molar-refractivity contribution in [3.05, 3.63) is 70.7 Å². The van der Waals surface area contributed by atoms with Gasteiger partial charge in [0.2, 0.25) is 5.13 Å². The minimum Gasteiger partial charge on any atom is -0.466 e. The van der Waals surface area contributed by atoms with Crippen molar-refractivity contribution in [2.75, 3.05) is 25.2 Å². The van der Waals surface area contributed by atoms with Gasteiger partial charge in [0, 0.05) is 10.9 Å². The number of carbonyl (C=O) groups excluding carboxylic acids is 1. The molecule has 0 atom stereocenters. The van der Waals surface area contributed by atoms with Crippen LogP contribution in [0.3, 0.4) is 0 Å². The zero-order chi connectivity index (χ0) is 21.5. The van der Waals surface area contributed by atoms with Crippen LogP contribution in [0.25, 0.3) is 11.1 Å². The maximum Gasteiger partial charge on any atom is 0.311 e. The SMILES string of the molecule is CCOC(=O)Cc1csc(NN=Cc2ccc(-c3ccc(C4OCCO4)cc3)cc2)n1. The first-order valence-corrected chi connectivity index (χ1v) is 10.9. The van der Waals surface area contributed by atoms with Crippen molar-refractivity contribution in [3.8, 4) is 11.1 Å². The van der Waals surface area contributed by atoms with E-state index in [1.807, 2.05) is 29.6 Å². The first kappa shape index (κ1) is 21.2. The quantitative estimate of drug-likeness (QED) is 0.319. The van der Waals surface area contributed by atoms with Gasteiger partial charge >= 0.3 is 5.97 Å². The van der Waals surface area contributed by atoms with Gasteiger partial charge in [-0.2, -0.15) is 5.10 Å². The van der Waals surface area contributed by atoms with Gasteiger partial charge in [-0.3, -0.25) is 10.2 Å². The fourth-order valence-corrected chi connectivity index (χ4v) is 3.77. The van der Waals surface area contributed by atoms with Crippen LogP contribution in [0.15, 0.2) is 59.0 Å². The number of benzene rings is 2. The maximum absolute atomic E-state index is 11.5. The normalized spacial score (nSPS) is 14.2. The molecule has 1 aliphatic rings. The maximum atomic E-state index is 11.5. The van der Waals surface area contributed by atoms with Crippen LogP contribution >= 0.6 is 11.3 Å². The number of aromatic nitrogens is 1. The van der Waals surface area contributed by atoms with Crippen molar-refractivity contribution in [2.45, 2.75) is 19.6 Å². The molecule has 0 aliphatic carbocycles. The summed E-state index contributed by atoms with van der Waals surface area (Å²) in [5, 5.41) is 6.67. The minimum atomic E-state index is -0.280. The average molecular weight is 438 g/mol. The Labute approximate surface area is 184 Å². The second-order valence-electron chi connectivity index (χ2n) is 6.81. The molecule has 1 aliphatic heterocycles. The number of nitrogens with zero attached hydrogens (tertiary/aromatic N) is 2. The highest BCUT2D eigenvalue weighted by atomic mass is 32.1. The van der Waals surface area contributed by atoms with Gasteiger partial charge in [0.1, 0.15) is 0 Å². The Morgan fingerprint density at radius 2 is 1.84 bits per heavy atom. The second-order valence-corrected chi connectivity index (χ2v) is 7.67. The van der Waals surface area contributed by atoms with E-state index < -0.39 is 0 Å². The summed E-state index contributed by atoms with van der Waals surface area (Å²) in [4.78, 5) is 15.8. The molecule has 0 amide bonds. The highest BCUT2D eigenvalue weighted by Crippen LogP contribution is 2.26. The number of rotatable bonds is 8. The Hall–Kier alpha value is -3.07. The molecule has 0 saturated carbocycles. The molecule has 0 unspecified atom stereocenters. The Kier molecular flexibility index (Phi) is 7.03. The lowest BCUT2D eigenvalue weighted by molar-refractivity contribution is -0.142. The number of hydrogen-bond acceptors (Lipinski definition) is 8. The van der Waals surface area contributed by atoms with Crippen molar-refractivity contribution < 1.29 is 19.0 Å². The predicted molar refractivity (Wildman–Crippen MR) is 120 cm³/mol. The van der Waals surface area contributed by atoms with E-state index in [1.54, 1.807) is 13.1 Å². The third-order valence-corrected chi connectivity index (χ3v) is 5.40.